The first-order valence-electron chi connectivity index (χ1n) is 29.3. The number of thiol groups is 1. The van der Waals surface area contributed by atoms with Crippen LogP contribution < -0.4 is 16.0 Å². The molecule has 3 N–H and O–H groups in total. The summed E-state index contributed by atoms with van der Waals surface area (Å²) >= 11 is 7.05. The predicted molar refractivity (Wildman–Crippen MR) is 333 cm³/mol. The van der Waals surface area contributed by atoms with Gasteiger partial charge in [-0.3, -0.25) is 43.3 Å². The summed E-state index contributed by atoms with van der Waals surface area (Å²) in [4.78, 5) is 127. The first-order valence-corrected chi connectivity index (χ1v) is 31.6. The van der Waals surface area contributed by atoms with Gasteiger partial charge in [0, 0.05) is 86.9 Å². The van der Waals surface area contributed by atoms with Crippen molar-refractivity contribution in [2.75, 3.05) is 60.1 Å². The quantitative estimate of drug-likeness (QED) is 0.0277. The maximum absolute atomic E-state index is 14.8. The number of esters is 1. The number of aryl methyl sites for hydroxylation is 1. The Hall–Kier alpha value is -5.51. The number of likely N-dealkylation sites (N-methyl/N-ethyl adjacent to an activating group) is 3. The number of carbonyl (C=O) groups excluding carboxylic acids is 8. The molecule has 1 aliphatic heterocycles. The molecule has 18 nitrogen and oxygen atoms in total. The number of piperazine rings is 1. The van der Waals surface area contributed by atoms with Gasteiger partial charge in [-0.15, -0.1) is 23.1 Å². The molecule has 0 aliphatic carbocycles. The minimum absolute atomic E-state index is 0.00118. The molecule has 0 spiro atoms. The summed E-state index contributed by atoms with van der Waals surface area (Å²) in [5.41, 5.74) is 0.985. The second-order valence-corrected chi connectivity index (χ2v) is 26.9. The summed E-state index contributed by atoms with van der Waals surface area (Å²) in [6.07, 6.45) is 2.32. The monoisotopic (exact) mass is 1210 g/mol. The SMILES string of the molecule is CCC(C)C(C(=O)N[C@H](C(=O)N(C)[C@H](C[C@@H](OC(C)=O)c1nc(C(=O)N(C)[C@@H](CSc2ccccc2)C(=O)N[C@H](C(=O)N[C@@H](CCc2ccccc2)C(=O)N2CCN(C(=O)CCC(C)(C)S)CC2)C(C)C)cs1)C(C)C)[C@@H](C)CC)N(C)C. The first kappa shape index (κ1) is 70.0. The van der Waals surface area contributed by atoms with E-state index >= 15 is 0 Å². The molecule has 1 saturated heterocycles. The van der Waals surface area contributed by atoms with Gasteiger partial charge in [-0.1, -0.05) is 131 Å². The number of benzene rings is 2. The van der Waals surface area contributed by atoms with Gasteiger partial charge < -0.3 is 40.3 Å². The van der Waals surface area contributed by atoms with Crippen molar-refractivity contribution in [1.82, 2.24) is 45.4 Å². The van der Waals surface area contributed by atoms with E-state index in [4.69, 9.17) is 9.72 Å². The Bertz CT molecular complexity index is 2590. The Morgan fingerprint density at radius 3 is 1.87 bits per heavy atom. The summed E-state index contributed by atoms with van der Waals surface area (Å²) in [5, 5.41) is 10.9. The number of hydrogen-bond donors (Lipinski definition) is 4. The second-order valence-electron chi connectivity index (χ2n) is 23.7. The standard InChI is InChI=1S/C62H95N9O9S3/c1-16-41(7)53(66-57(76)54(67(12)13)42(8)17-2)61(79)68(14)48(39(3)4)36-50(80-43(9)72)58-64-47(37-83-58)59(77)69(15)49(38-82-45-26-22-19-23-27-45)55(74)65-52(40(5)6)56(75)63-46(29-28-44-24-20-18-21-25-44)60(78)71-34-32-70(33-35-71)51(73)30-31-62(10,11)81/h18-27,37,39-42,46,48-50,52-54,81H,16-17,28-36,38H2,1-15H3,(H,63,75)(H,65,74)(H,66,76)/t41-,42?,46-,48+,49-,50+,52-,53-,54?/m0/s1. The fraction of sp³-hybridized carbons (Fsp3) is 0.629. The lowest BCUT2D eigenvalue weighted by molar-refractivity contribution is -0.149. The molecule has 1 fully saturated rings. The van der Waals surface area contributed by atoms with Gasteiger partial charge in [-0.2, -0.15) is 12.6 Å². The number of thioether (sulfide) groups is 1. The lowest BCUT2D eigenvalue weighted by Crippen LogP contribution is -2.60. The zero-order valence-electron chi connectivity index (χ0n) is 51.8. The summed E-state index contributed by atoms with van der Waals surface area (Å²) in [6.45, 7) is 22.0. The third-order valence-corrected chi connectivity index (χ3v) is 18.0. The highest BCUT2D eigenvalue weighted by atomic mass is 32.2. The molecule has 460 valence electrons. The lowest BCUT2D eigenvalue weighted by atomic mass is 9.92. The van der Waals surface area contributed by atoms with Gasteiger partial charge in [0.2, 0.25) is 35.4 Å². The van der Waals surface area contributed by atoms with Crippen molar-refractivity contribution in [1.29, 1.82) is 0 Å². The van der Waals surface area contributed by atoms with Crippen molar-refractivity contribution in [3.63, 3.8) is 0 Å². The number of carbonyl (C=O) groups is 8. The molecule has 83 heavy (non-hydrogen) atoms. The normalized spacial score (nSPS) is 16.2. The Kier molecular flexibility index (Phi) is 28.0. The highest BCUT2D eigenvalue weighted by Crippen LogP contribution is 2.32. The predicted octanol–water partition coefficient (Wildman–Crippen LogP) is 7.78. The van der Waals surface area contributed by atoms with Crippen molar-refractivity contribution < 1.29 is 43.1 Å². The number of thiazole rings is 1. The highest BCUT2D eigenvalue weighted by molar-refractivity contribution is 7.99. The molecule has 3 aromatic rings. The van der Waals surface area contributed by atoms with Gasteiger partial charge >= 0.3 is 5.97 Å². The molecule has 21 heteroatoms. The van der Waals surface area contributed by atoms with Crippen LogP contribution in [-0.2, 0) is 44.7 Å². The summed E-state index contributed by atoms with van der Waals surface area (Å²) in [6, 6.07) is 14.1. The van der Waals surface area contributed by atoms with Crippen LogP contribution in [0.3, 0.4) is 0 Å². The number of nitrogens with zero attached hydrogens (tertiary/aromatic N) is 6. The summed E-state index contributed by atoms with van der Waals surface area (Å²) in [5.74, 6) is -3.75. The third kappa shape index (κ3) is 21.2. The number of nitrogens with one attached hydrogen (secondary N) is 3. The van der Waals surface area contributed by atoms with Crippen LogP contribution in [0.25, 0.3) is 0 Å². The fourth-order valence-electron chi connectivity index (χ4n) is 10.2. The van der Waals surface area contributed by atoms with Gasteiger partial charge in [-0.05, 0) is 74.7 Å². The first-order chi connectivity index (χ1) is 39.1. The fourth-order valence-corrected chi connectivity index (χ4v) is 12.2. The summed E-state index contributed by atoms with van der Waals surface area (Å²) in [7, 11) is 6.91. The Morgan fingerprint density at radius 2 is 1.33 bits per heavy atom. The van der Waals surface area contributed by atoms with E-state index in [0.717, 1.165) is 28.2 Å². The van der Waals surface area contributed by atoms with E-state index in [1.807, 2.05) is 135 Å². The number of rotatable bonds is 31. The number of amides is 7. The Morgan fingerprint density at radius 1 is 0.747 bits per heavy atom. The van der Waals surface area contributed by atoms with Crippen LogP contribution in [0.1, 0.15) is 142 Å². The van der Waals surface area contributed by atoms with Gasteiger partial charge in [0.05, 0.1) is 6.04 Å². The van der Waals surface area contributed by atoms with E-state index in [9.17, 15) is 38.4 Å². The lowest BCUT2D eigenvalue weighted by Gasteiger charge is -2.38. The molecule has 4 rings (SSSR count). The molecule has 9 atom stereocenters. The molecule has 1 aromatic heterocycles. The van der Waals surface area contributed by atoms with Gasteiger partial charge in [0.15, 0.2) is 6.10 Å². The molecule has 0 radical (unpaired) electrons. The van der Waals surface area contributed by atoms with E-state index in [1.54, 1.807) is 41.0 Å². The average Bonchev–Trinajstić information content (AvgIpc) is 4.19. The van der Waals surface area contributed by atoms with Crippen LogP contribution in [-0.4, -0.2) is 178 Å². The van der Waals surface area contributed by atoms with Crippen LogP contribution in [0.2, 0.25) is 0 Å². The molecule has 2 heterocycles. The average molecular weight is 1210 g/mol. The highest BCUT2D eigenvalue weighted by Gasteiger charge is 2.40. The van der Waals surface area contributed by atoms with E-state index in [2.05, 4.69) is 28.6 Å². The molecule has 7 amide bonds. The van der Waals surface area contributed by atoms with Crippen LogP contribution in [0, 0.1) is 23.7 Å². The van der Waals surface area contributed by atoms with E-state index in [-0.39, 0.29) is 70.4 Å². The third-order valence-electron chi connectivity index (χ3n) is 15.7. The van der Waals surface area contributed by atoms with Crippen LogP contribution in [0.4, 0.5) is 0 Å². The van der Waals surface area contributed by atoms with E-state index in [1.165, 1.54) is 30.6 Å². The van der Waals surface area contributed by atoms with Crippen molar-refractivity contribution in [2.24, 2.45) is 23.7 Å². The van der Waals surface area contributed by atoms with Crippen molar-refractivity contribution in [2.45, 2.75) is 173 Å². The number of ether oxygens (including phenoxy) is 1. The molecule has 1 aliphatic rings. The number of hydrogen-bond acceptors (Lipinski definition) is 14. The van der Waals surface area contributed by atoms with E-state index in [0.29, 0.717) is 56.9 Å². The van der Waals surface area contributed by atoms with Gasteiger partial charge in [-0.25, -0.2) is 4.98 Å². The van der Waals surface area contributed by atoms with Gasteiger partial charge in [0.25, 0.3) is 5.91 Å². The molecular formula is C62H95N9O9S3. The van der Waals surface area contributed by atoms with Crippen molar-refractivity contribution >= 4 is 83.0 Å². The van der Waals surface area contributed by atoms with Crippen LogP contribution >= 0.6 is 35.7 Å². The largest absolute Gasteiger partial charge is 0.455 e. The Labute approximate surface area is 508 Å². The summed E-state index contributed by atoms with van der Waals surface area (Å²) < 4.78 is 5.63. The molecule has 2 unspecified atom stereocenters. The smallest absolute Gasteiger partial charge is 0.303 e. The maximum Gasteiger partial charge on any atom is 0.303 e. The minimum Gasteiger partial charge on any atom is -0.455 e. The van der Waals surface area contributed by atoms with Crippen LogP contribution in [0.5, 0.6) is 0 Å². The molecule has 2 aromatic carbocycles. The van der Waals surface area contributed by atoms with Gasteiger partial charge in [0.1, 0.15) is 34.9 Å². The zero-order valence-corrected chi connectivity index (χ0v) is 54.3. The number of aromatic nitrogens is 1. The van der Waals surface area contributed by atoms with E-state index < -0.39 is 72.0 Å². The molecule has 0 bridgehead atoms. The van der Waals surface area contributed by atoms with Crippen LogP contribution in [0.15, 0.2) is 70.9 Å². The van der Waals surface area contributed by atoms with Crippen molar-refractivity contribution in [3.05, 3.63) is 82.3 Å². The zero-order chi connectivity index (χ0) is 61.9. The molecular weight excluding hydrogens is 1110 g/mol. The minimum atomic E-state index is -1.13. The second kappa shape index (κ2) is 33.3. The topological polar surface area (TPSA) is 211 Å². The molecule has 0 saturated carbocycles. The van der Waals surface area contributed by atoms with Crippen molar-refractivity contribution in [3.8, 4) is 0 Å². The maximum atomic E-state index is 14.8. The Balaban J connectivity index is 1.59.